The molecule has 0 spiro atoms. The van der Waals surface area contributed by atoms with Crippen LogP contribution in [0.15, 0.2) is 41.6 Å². The van der Waals surface area contributed by atoms with Crippen molar-refractivity contribution < 1.29 is 17.9 Å². The molecule has 1 aromatic heterocycles. The van der Waals surface area contributed by atoms with Gasteiger partial charge in [-0.25, -0.2) is 4.79 Å². The highest BCUT2D eigenvalue weighted by atomic mass is 32.2. The summed E-state index contributed by atoms with van der Waals surface area (Å²) in [6.07, 6.45) is 0.911. The van der Waals surface area contributed by atoms with Crippen molar-refractivity contribution in [1.29, 1.82) is 0 Å². The number of sulfonamides is 1. The van der Waals surface area contributed by atoms with Gasteiger partial charge in [0.25, 0.3) is 10.0 Å². The number of hydrogen-bond acceptors (Lipinski definition) is 5. The van der Waals surface area contributed by atoms with Crippen LogP contribution in [0.4, 0.5) is 16.2 Å². The molecule has 2 N–H and O–H groups in total. The molecule has 2 aromatic rings. The fourth-order valence-corrected chi connectivity index (χ4v) is 2.93. The number of aromatic nitrogens is 2. The quantitative estimate of drug-likeness (QED) is 0.882. The van der Waals surface area contributed by atoms with Gasteiger partial charge in [-0.2, -0.15) is 13.5 Å². The molecule has 3 rings (SSSR count). The van der Waals surface area contributed by atoms with E-state index in [1.165, 1.54) is 17.2 Å². The van der Waals surface area contributed by atoms with Crippen LogP contribution in [0, 0.1) is 0 Å². The van der Waals surface area contributed by atoms with Gasteiger partial charge in [0, 0.05) is 5.69 Å². The summed E-state index contributed by atoms with van der Waals surface area (Å²) in [6.45, 7) is 0.762. The number of nitrogens with zero attached hydrogens (tertiary/aromatic N) is 2. The van der Waals surface area contributed by atoms with Gasteiger partial charge in [-0.15, -0.1) is 0 Å². The number of aromatic amines is 1. The molecule has 0 atom stereocenters. The summed E-state index contributed by atoms with van der Waals surface area (Å²) in [6, 6.07) is 7.88. The maximum absolute atomic E-state index is 12.1. The van der Waals surface area contributed by atoms with Crippen molar-refractivity contribution in [1.82, 2.24) is 10.2 Å². The summed E-state index contributed by atoms with van der Waals surface area (Å²) in [4.78, 5) is 12.9. The first-order chi connectivity index (χ1) is 10.1. The second-order valence-electron chi connectivity index (χ2n) is 4.34. The largest absolute Gasteiger partial charge is 0.447 e. The van der Waals surface area contributed by atoms with Gasteiger partial charge in [-0.3, -0.25) is 14.7 Å². The fraction of sp³-hybridized carbons (Fsp3) is 0.167. The third-order valence-electron chi connectivity index (χ3n) is 2.94. The summed E-state index contributed by atoms with van der Waals surface area (Å²) in [5.41, 5.74) is 0.920. The van der Waals surface area contributed by atoms with Crippen LogP contribution in [0.3, 0.4) is 0 Å². The van der Waals surface area contributed by atoms with E-state index in [4.69, 9.17) is 4.74 Å². The standard InChI is InChI=1S/C12H12N4O4S/c17-12-16(6-7-20-12)10-3-1-2-9(8-10)15-21(18,19)11-4-5-13-14-11/h1-5,8,15H,6-7H2,(H,13,14). The molecule has 21 heavy (non-hydrogen) atoms. The number of amides is 1. The Labute approximate surface area is 120 Å². The normalized spacial score (nSPS) is 15.0. The smallest absolute Gasteiger partial charge is 0.414 e. The Balaban J connectivity index is 1.85. The molecule has 1 saturated heterocycles. The van der Waals surface area contributed by atoms with Crippen molar-refractivity contribution in [3.05, 3.63) is 36.5 Å². The highest BCUT2D eigenvalue weighted by molar-refractivity contribution is 7.92. The van der Waals surface area contributed by atoms with Gasteiger partial charge >= 0.3 is 6.09 Å². The highest BCUT2D eigenvalue weighted by Crippen LogP contribution is 2.23. The van der Waals surface area contributed by atoms with Crippen LogP contribution < -0.4 is 9.62 Å². The molecule has 0 bridgehead atoms. The molecule has 0 radical (unpaired) electrons. The molecule has 1 amide bonds. The number of anilines is 2. The summed E-state index contributed by atoms with van der Waals surface area (Å²) in [7, 11) is -3.73. The number of cyclic esters (lactones) is 1. The van der Waals surface area contributed by atoms with Gasteiger partial charge in [-0.05, 0) is 24.3 Å². The molecule has 1 aliphatic heterocycles. The molecule has 1 aliphatic rings. The molecule has 0 saturated carbocycles. The minimum absolute atomic E-state index is 0.0338. The number of hydrogen-bond donors (Lipinski definition) is 2. The lowest BCUT2D eigenvalue weighted by atomic mass is 10.2. The van der Waals surface area contributed by atoms with E-state index < -0.39 is 16.1 Å². The van der Waals surface area contributed by atoms with Crippen LogP contribution in [0.2, 0.25) is 0 Å². The van der Waals surface area contributed by atoms with E-state index in [-0.39, 0.29) is 5.03 Å². The van der Waals surface area contributed by atoms with Crippen LogP contribution in [-0.4, -0.2) is 37.9 Å². The maximum Gasteiger partial charge on any atom is 0.414 e. The highest BCUT2D eigenvalue weighted by Gasteiger charge is 2.24. The lowest BCUT2D eigenvalue weighted by molar-refractivity contribution is 0.181. The molecule has 1 fully saturated rings. The van der Waals surface area contributed by atoms with Crippen LogP contribution in [0.25, 0.3) is 0 Å². The third-order valence-corrected chi connectivity index (χ3v) is 4.25. The first kappa shape index (κ1) is 13.4. The lowest BCUT2D eigenvalue weighted by Crippen LogP contribution is -2.23. The minimum atomic E-state index is -3.73. The van der Waals surface area contributed by atoms with E-state index in [0.29, 0.717) is 24.5 Å². The Morgan fingerprint density at radius 2 is 2.19 bits per heavy atom. The summed E-state index contributed by atoms with van der Waals surface area (Å²) >= 11 is 0. The summed E-state index contributed by atoms with van der Waals surface area (Å²) in [5, 5.41) is 5.96. The van der Waals surface area contributed by atoms with Crippen molar-refractivity contribution in [2.24, 2.45) is 0 Å². The number of ether oxygens (including phenoxy) is 1. The Bertz CT molecular complexity index is 757. The van der Waals surface area contributed by atoms with E-state index >= 15 is 0 Å². The Kier molecular flexibility index (Phi) is 3.26. The lowest BCUT2D eigenvalue weighted by Gasteiger charge is -2.14. The SMILES string of the molecule is O=C1OCCN1c1cccc(NS(=O)(=O)c2ccn[nH]2)c1. The zero-order valence-corrected chi connectivity index (χ0v) is 11.6. The molecule has 1 aromatic carbocycles. The van der Waals surface area contributed by atoms with Crippen LogP contribution >= 0.6 is 0 Å². The minimum Gasteiger partial charge on any atom is -0.447 e. The predicted octanol–water partition coefficient (Wildman–Crippen LogP) is 1.17. The van der Waals surface area contributed by atoms with Crippen molar-refractivity contribution >= 4 is 27.5 Å². The van der Waals surface area contributed by atoms with Gasteiger partial charge in [0.1, 0.15) is 6.61 Å². The third kappa shape index (κ3) is 2.68. The van der Waals surface area contributed by atoms with Gasteiger partial charge in [0.2, 0.25) is 0 Å². The number of carbonyl (C=O) groups is 1. The second-order valence-corrected chi connectivity index (χ2v) is 5.99. The van der Waals surface area contributed by atoms with E-state index in [9.17, 15) is 13.2 Å². The van der Waals surface area contributed by atoms with Crippen molar-refractivity contribution in [3.8, 4) is 0 Å². The zero-order chi connectivity index (χ0) is 14.9. The molecule has 2 heterocycles. The molecule has 9 heteroatoms. The fourth-order valence-electron chi connectivity index (χ4n) is 1.97. The van der Waals surface area contributed by atoms with E-state index in [1.807, 2.05) is 0 Å². The van der Waals surface area contributed by atoms with Crippen molar-refractivity contribution in [2.45, 2.75) is 5.03 Å². The number of carbonyl (C=O) groups excluding carboxylic acids is 1. The van der Waals surface area contributed by atoms with Gasteiger partial charge in [0.15, 0.2) is 5.03 Å². The monoisotopic (exact) mass is 308 g/mol. The first-order valence-corrected chi connectivity index (χ1v) is 7.61. The average Bonchev–Trinajstić information content (AvgIpc) is 3.09. The molecular weight excluding hydrogens is 296 g/mol. The van der Waals surface area contributed by atoms with Gasteiger partial charge in [-0.1, -0.05) is 6.07 Å². The van der Waals surface area contributed by atoms with E-state index in [0.717, 1.165) is 0 Å². The molecule has 0 aliphatic carbocycles. The van der Waals surface area contributed by atoms with Crippen LogP contribution in [-0.2, 0) is 14.8 Å². The predicted molar refractivity (Wildman–Crippen MR) is 74.5 cm³/mol. The summed E-state index contributed by atoms with van der Waals surface area (Å²) < 4.78 is 31.4. The average molecular weight is 308 g/mol. The molecular formula is C12H12N4O4S. The van der Waals surface area contributed by atoms with Crippen molar-refractivity contribution in [2.75, 3.05) is 22.8 Å². The molecule has 110 valence electrons. The molecule has 0 unspecified atom stereocenters. The number of rotatable bonds is 4. The van der Waals surface area contributed by atoms with Crippen LogP contribution in [0.5, 0.6) is 0 Å². The van der Waals surface area contributed by atoms with E-state index in [2.05, 4.69) is 14.9 Å². The zero-order valence-electron chi connectivity index (χ0n) is 10.8. The Morgan fingerprint density at radius 1 is 1.33 bits per heavy atom. The van der Waals surface area contributed by atoms with Crippen molar-refractivity contribution in [3.63, 3.8) is 0 Å². The number of nitrogens with one attached hydrogen (secondary N) is 2. The maximum atomic E-state index is 12.1. The topological polar surface area (TPSA) is 104 Å². The number of H-pyrrole nitrogens is 1. The Morgan fingerprint density at radius 3 is 2.86 bits per heavy atom. The van der Waals surface area contributed by atoms with Gasteiger partial charge < -0.3 is 4.74 Å². The number of benzene rings is 1. The summed E-state index contributed by atoms with van der Waals surface area (Å²) in [5.74, 6) is 0. The van der Waals surface area contributed by atoms with Crippen LogP contribution in [0.1, 0.15) is 0 Å². The van der Waals surface area contributed by atoms with E-state index in [1.54, 1.807) is 24.3 Å². The van der Waals surface area contributed by atoms with Gasteiger partial charge in [0.05, 0.1) is 18.4 Å². The Hall–Kier alpha value is -2.55. The second kappa shape index (κ2) is 5.09. The first-order valence-electron chi connectivity index (χ1n) is 6.13. The molecule has 8 nitrogen and oxygen atoms in total.